The molecule has 0 unspecified atom stereocenters. The van der Waals surface area contributed by atoms with Crippen molar-refractivity contribution in [1.29, 1.82) is 0 Å². The highest BCUT2D eigenvalue weighted by molar-refractivity contribution is 9.09. The molecule has 3 nitrogen and oxygen atoms in total. The van der Waals surface area contributed by atoms with Gasteiger partial charge in [-0.3, -0.25) is 9.59 Å². The highest BCUT2D eigenvalue weighted by Gasteiger charge is 2.63. The second-order valence-electron chi connectivity index (χ2n) is 9.84. The highest BCUT2D eigenvalue weighted by Crippen LogP contribution is 2.66. The van der Waals surface area contributed by atoms with Crippen LogP contribution in [0.15, 0.2) is 0 Å². The topological polar surface area (TPSA) is 54.4 Å². The maximum absolute atomic E-state index is 13.4. The van der Waals surface area contributed by atoms with E-state index in [1.165, 1.54) is 0 Å². The van der Waals surface area contributed by atoms with Crippen LogP contribution >= 0.6 is 15.9 Å². The number of hydrogen-bond acceptors (Lipinski definition) is 3. The van der Waals surface area contributed by atoms with Gasteiger partial charge in [0, 0.05) is 18.3 Å². The van der Waals surface area contributed by atoms with Crippen molar-refractivity contribution in [3.8, 4) is 0 Å². The third-order valence-corrected chi connectivity index (χ3v) is 9.39. The van der Waals surface area contributed by atoms with Crippen molar-refractivity contribution >= 4 is 27.5 Å². The van der Waals surface area contributed by atoms with Gasteiger partial charge in [-0.05, 0) is 73.5 Å². The van der Waals surface area contributed by atoms with Crippen molar-refractivity contribution in [3.63, 3.8) is 0 Å². The van der Waals surface area contributed by atoms with E-state index in [0.29, 0.717) is 35.3 Å². The predicted molar refractivity (Wildman–Crippen MR) is 100 cm³/mol. The average Bonchev–Trinajstić information content (AvgIpc) is 2.91. The summed E-state index contributed by atoms with van der Waals surface area (Å²) >= 11 is 3.35. The lowest BCUT2D eigenvalue weighted by Crippen LogP contribution is -2.58. The molecule has 140 valence electrons. The van der Waals surface area contributed by atoms with Crippen LogP contribution in [0, 0.1) is 40.4 Å². The molecule has 0 radical (unpaired) electrons. The molecule has 4 rings (SSSR count). The molecule has 4 aliphatic carbocycles. The Morgan fingerprint density at radius 3 is 2.64 bits per heavy atom. The standard InChI is InChI=1S/C21H31BrO3/c1-20-8-7-13(23)9-12(20)3-4-14-15-5-6-16(18(25)11-22)21(15,2)10-17(24)19(14)20/h12-16,19,23H,3-11H2,1-2H3/t12-,13-,14+,15+,16-,19-,20+,21+/m1/s1. The number of carbonyl (C=O) groups excluding carboxylic acids is 2. The van der Waals surface area contributed by atoms with E-state index >= 15 is 0 Å². The van der Waals surface area contributed by atoms with E-state index < -0.39 is 0 Å². The van der Waals surface area contributed by atoms with Crippen molar-refractivity contribution in [1.82, 2.24) is 0 Å². The van der Waals surface area contributed by atoms with E-state index in [0.717, 1.165) is 44.9 Å². The van der Waals surface area contributed by atoms with E-state index in [-0.39, 0.29) is 34.6 Å². The summed E-state index contributed by atoms with van der Waals surface area (Å²) in [6, 6.07) is 0. The minimum absolute atomic E-state index is 0.0560. The number of aliphatic hydroxyl groups is 1. The molecule has 0 heterocycles. The molecule has 0 aromatic heterocycles. The Labute approximate surface area is 159 Å². The van der Waals surface area contributed by atoms with Crippen molar-refractivity contribution in [2.75, 3.05) is 5.33 Å². The van der Waals surface area contributed by atoms with Crippen molar-refractivity contribution in [2.24, 2.45) is 40.4 Å². The van der Waals surface area contributed by atoms with Gasteiger partial charge < -0.3 is 5.11 Å². The van der Waals surface area contributed by atoms with Gasteiger partial charge in [0.2, 0.25) is 0 Å². The minimum atomic E-state index is -0.175. The number of hydrogen-bond donors (Lipinski definition) is 1. The van der Waals surface area contributed by atoms with Crippen LogP contribution in [0.1, 0.15) is 65.2 Å². The Morgan fingerprint density at radius 2 is 1.92 bits per heavy atom. The van der Waals surface area contributed by atoms with Crippen molar-refractivity contribution in [2.45, 2.75) is 71.3 Å². The normalized spacial score (nSPS) is 52.2. The van der Waals surface area contributed by atoms with Crippen LogP contribution < -0.4 is 0 Å². The molecule has 0 amide bonds. The average molecular weight is 411 g/mol. The van der Waals surface area contributed by atoms with Gasteiger partial charge in [0.25, 0.3) is 0 Å². The van der Waals surface area contributed by atoms with E-state index in [4.69, 9.17) is 0 Å². The first-order valence-corrected chi connectivity index (χ1v) is 11.2. The fraction of sp³-hybridized carbons (Fsp3) is 0.905. The zero-order valence-corrected chi connectivity index (χ0v) is 17.1. The second-order valence-corrected chi connectivity index (χ2v) is 10.4. The van der Waals surface area contributed by atoms with Crippen LogP contribution in [0.25, 0.3) is 0 Å². The molecular weight excluding hydrogens is 380 g/mol. The first kappa shape index (κ1) is 18.2. The van der Waals surface area contributed by atoms with Gasteiger partial charge in [-0.2, -0.15) is 0 Å². The maximum atomic E-state index is 13.4. The monoisotopic (exact) mass is 410 g/mol. The summed E-state index contributed by atoms with van der Waals surface area (Å²) in [6.07, 6.45) is 7.44. The lowest BCUT2D eigenvalue weighted by atomic mass is 9.44. The van der Waals surface area contributed by atoms with E-state index in [1.54, 1.807) is 0 Å². The van der Waals surface area contributed by atoms with E-state index in [2.05, 4.69) is 29.8 Å². The number of Topliss-reactive ketones (excluding diaryl/α,β-unsaturated/α-hetero) is 2. The molecule has 0 aliphatic heterocycles. The molecule has 4 fully saturated rings. The van der Waals surface area contributed by atoms with Gasteiger partial charge >= 0.3 is 0 Å². The Balaban J connectivity index is 1.66. The maximum Gasteiger partial charge on any atom is 0.147 e. The van der Waals surface area contributed by atoms with E-state index in [9.17, 15) is 14.7 Å². The summed E-state index contributed by atoms with van der Waals surface area (Å²) in [5, 5.41) is 10.5. The van der Waals surface area contributed by atoms with Crippen LogP contribution in [0.5, 0.6) is 0 Å². The Hall–Kier alpha value is -0.220. The summed E-state index contributed by atoms with van der Waals surface area (Å²) in [5.74, 6) is 2.39. The number of halogens is 1. The Bertz CT molecular complexity index is 590. The molecule has 0 aromatic carbocycles. The molecule has 1 N–H and O–H groups in total. The summed E-state index contributed by atoms with van der Waals surface area (Å²) < 4.78 is 0. The third kappa shape index (κ3) is 2.53. The molecule has 4 saturated carbocycles. The molecular formula is C21H31BrO3. The van der Waals surface area contributed by atoms with Crippen LogP contribution in [-0.2, 0) is 9.59 Å². The number of fused-ring (bicyclic) bond motifs is 5. The number of ketones is 2. The summed E-state index contributed by atoms with van der Waals surface area (Å²) in [4.78, 5) is 25.9. The van der Waals surface area contributed by atoms with Gasteiger partial charge in [0.15, 0.2) is 0 Å². The fourth-order valence-electron chi connectivity index (χ4n) is 7.67. The molecule has 0 saturated heterocycles. The molecule has 0 bridgehead atoms. The molecule has 25 heavy (non-hydrogen) atoms. The second kappa shape index (κ2) is 6.15. The van der Waals surface area contributed by atoms with Gasteiger partial charge in [-0.1, -0.05) is 29.8 Å². The van der Waals surface area contributed by atoms with Gasteiger partial charge in [0.1, 0.15) is 11.6 Å². The minimum Gasteiger partial charge on any atom is -0.393 e. The first-order chi connectivity index (χ1) is 11.8. The number of rotatable bonds is 2. The first-order valence-electron chi connectivity index (χ1n) is 10.1. The van der Waals surface area contributed by atoms with Crippen molar-refractivity contribution < 1.29 is 14.7 Å². The smallest absolute Gasteiger partial charge is 0.147 e. The van der Waals surface area contributed by atoms with Gasteiger partial charge in [0.05, 0.1) is 11.4 Å². The lowest BCUT2D eigenvalue weighted by Gasteiger charge is -2.59. The van der Waals surface area contributed by atoms with E-state index in [1.807, 2.05) is 0 Å². The SMILES string of the molecule is C[C@]12CC[C@@H](O)C[C@H]1CC[C@H]1[C@@H]3CC[C@H](C(=O)CBr)[C@@]3(C)CC(=O)[C@@H]12. The summed E-state index contributed by atoms with van der Waals surface area (Å²) in [6.45, 7) is 4.56. The van der Waals surface area contributed by atoms with Gasteiger partial charge in [-0.25, -0.2) is 0 Å². The Kier molecular flexibility index (Phi) is 4.47. The lowest BCUT2D eigenvalue weighted by molar-refractivity contribution is -0.162. The van der Waals surface area contributed by atoms with Crippen LogP contribution in [0.4, 0.5) is 0 Å². The summed E-state index contributed by atoms with van der Waals surface area (Å²) in [7, 11) is 0. The Morgan fingerprint density at radius 1 is 1.16 bits per heavy atom. The zero-order valence-electron chi connectivity index (χ0n) is 15.5. The number of aliphatic hydroxyl groups excluding tert-OH is 1. The predicted octanol–water partition coefficient (Wildman–Crippen LogP) is 4.15. The quantitative estimate of drug-likeness (QED) is 0.695. The largest absolute Gasteiger partial charge is 0.393 e. The number of carbonyl (C=O) groups is 2. The molecule has 4 aliphatic rings. The molecule has 0 spiro atoms. The number of alkyl halides is 1. The highest BCUT2D eigenvalue weighted by atomic mass is 79.9. The van der Waals surface area contributed by atoms with Crippen LogP contribution in [0.3, 0.4) is 0 Å². The van der Waals surface area contributed by atoms with Crippen molar-refractivity contribution in [3.05, 3.63) is 0 Å². The van der Waals surface area contributed by atoms with Crippen LogP contribution in [-0.4, -0.2) is 28.1 Å². The third-order valence-electron chi connectivity index (χ3n) is 8.84. The molecule has 8 atom stereocenters. The molecule has 0 aromatic rings. The summed E-state index contributed by atoms with van der Waals surface area (Å²) in [5.41, 5.74) is -0.0570. The molecule has 4 heteroatoms. The fourth-order valence-corrected chi connectivity index (χ4v) is 8.06. The zero-order chi connectivity index (χ0) is 18.0. The van der Waals surface area contributed by atoms with Gasteiger partial charge in [-0.15, -0.1) is 0 Å². The van der Waals surface area contributed by atoms with Crippen LogP contribution in [0.2, 0.25) is 0 Å².